The molecule has 2 fully saturated rings. The van der Waals surface area contributed by atoms with Crippen molar-refractivity contribution in [3.8, 4) is 0 Å². The van der Waals surface area contributed by atoms with Gasteiger partial charge in [0.15, 0.2) is 5.69 Å². The SMILES string of the molecule is O=Nc1c#cc(N2CC3CC2CN3CCO)cc1. The van der Waals surface area contributed by atoms with E-state index in [-0.39, 0.29) is 6.61 Å². The molecule has 2 aliphatic rings. The van der Waals surface area contributed by atoms with Gasteiger partial charge in [0.05, 0.1) is 12.3 Å². The molecule has 0 saturated carbocycles. The van der Waals surface area contributed by atoms with Crippen molar-refractivity contribution in [3.05, 3.63) is 29.2 Å². The van der Waals surface area contributed by atoms with E-state index in [4.69, 9.17) is 5.11 Å². The third kappa shape index (κ3) is 1.84. The molecule has 0 amide bonds. The van der Waals surface area contributed by atoms with Gasteiger partial charge in [-0.2, -0.15) is 0 Å². The zero-order valence-electron chi connectivity index (χ0n) is 10.0. The van der Waals surface area contributed by atoms with Gasteiger partial charge in [-0.05, 0) is 35.9 Å². The van der Waals surface area contributed by atoms with Crippen LogP contribution in [-0.2, 0) is 0 Å². The zero-order chi connectivity index (χ0) is 12.5. The Morgan fingerprint density at radius 3 is 2.78 bits per heavy atom. The van der Waals surface area contributed by atoms with Crippen LogP contribution < -0.4 is 4.90 Å². The lowest BCUT2D eigenvalue weighted by atomic mass is 10.2. The molecule has 18 heavy (non-hydrogen) atoms. The van der Waals surface area contributed by atoms with Crippen LogP contribution in [0.25, 0.3) is 0 Å². The molecule has 2 saturated heterocycles. The van der Waals surface area contributed by atoms with E-state index in [0.29, 0.717) is 17.8 Å². The summed E-state index contributed by atoms with van der Waals surface area (Å²) in [6.07, 6.45) is 1.14. The Kier molecular flexibility index (Phi) is 2.90. The van der Waals surface area contributed by atoms with Gasteiger partial charge in [0.25, 0.3) is 0 Å². The summed E-state index contributed by atoms with van der Waals surface area (Å²) in [5, 5.41) is 11.8. The molecule has 5 heteroatoms. The quantitative estimate of drug-likeness (QED) is 0.802. The number of piperazine rings is 1. The highest BCUT2D eigenvalue weighted by molar-refractivity contribution is 5.50. The number of anilines is 1. The second-order valence-corrected chi connectivity index (χ2v) is 4.86. The molecule has 2 unspecified atom stereocenters. The van der Waals surface area contributed by atoms with Crippen molar-refractivity contribution in [1.82, 2.24) is 4.90 Å². The van der Waals surface area contributed by atoms with E-state index < -0.39 is 0 Å². The Morgan fingerprint density at radius 2 is 2.22 bits per heavy atom. The van der Waals surface area contributed by atoms with Crippen molar-refractivity contribution < 1.29 is 5.11 Å². The lowest BCUT2D eigenvalue weighted by molar-refractivity contribution is 0.177. The molecule has 1 aromatic rings. The van der Waals surface area contributed by atoms with Crippen molar-refractivity contribution >= 4 is 11.4 Å². The van der Waals surface area contributed by atoms with Gasteiger partial charge in [-0.25, -0.2) is 0 Å². The number of β-amino-alcohol motifs (C(OH)–C–C–N with tert-alkyl or cyclic N) is 1. The van der Waals surface area contributed by atoms with Gasteiger partial charge in [0.2, 0.25) is 0 Å². The Bertz CT molecular complexity index is 434. The molecule has 2 aliphatic heterocycles. The summed E-state index contributed by atoms with van der Waals surface area (Å²) >= 11 is 0. The molecule has 0 radical (unpaired) electrons. The smallest absolute Gasteiger partial charge is 0.158 e. The van der Waals surface area contributed by atoms with E-state index in [0.717, 1.165) is 31.7 Å². The van der Waals surface area contributed by atoms with E-state index in [1.165, 1.54) is 0 Å². The highest BCUT2D eigenvalue weighted by Gasteiger charge is 2.42. The summed E-state index contributed by atoms with van der Waals surface area (Å²) in [4.78, 5) is 15.0. The maximum atomic E-state index is 10.3. The first-order valence-corrected chi connectivity index (χ1v) is 6.20. The third-order valence-electron chi connectivity index (χ3n) is 3.87. The Morgan fingerprint density at radius 1 is 1.33 bits per heavy atom. The minimum absolute atomic E-state index is 0.225. The average molecular weight is 245 g/mol. The van der Waals surface area contributed by atoms with Crippen LogP contribution in [-0.4, -0.2) is 48.3 Å². The molecule has 2 atom stereocenters. The van der Waals surface area contributed by atoms with E-state index in [1.54, 1.807) is 6.07 Å². The molecular formula is C13H15N3O2. The fourth-order valence-electron chi connectivity index (χ4n) is 3.04. The molecule has 1 aromatic carbocycles. The van der Waals surface area contributed by atoms with Gasteiger partial charge in [0, 0.05) is 31.7 Å². The minimum atomic E-state index is 0.225. The van der Waals surface area contributed by atoms with Crippen LogP contribution in [0, 0.1) is 17.0 Å². The summed E-state index contributed by atoms with van der Waals surface area (Å²) in [5.74, 6) is 0. The number of aliphatic hydroxyl groups excluding tert-OH is 1. The first-order valence-electron chi connectivity index (χ1n) is 6.20. The van der Waals surface area contributed by atoms with Crippen molar-refractivity contribution in [1.29, 1.82) is 0 Å². The van der Waals surface area contributed by atoms with E-state index >= 15 is 0 Å². The van der Waals surface area contributed by atoms with E-state index in [2.05, 4.69) is 27.1 Å². The van der Waals surface area contributed by atoms with Gasteiger partial charge in [-0.15, -0.1) is 4.91 Å². The van der Waals surface area contributed by atoms with Crippen molar-refractivity contribution in [2.24, 2.45) is 5.18 Å². The predicted octanol–water partition coefficient (Wildman–Crippen LogP) is 0.940. The van der Waals surface area contributed by atoms with Crippen molar-refractivity contribution in [2.75, 3.05) is 31.1 Å². The number of aliphatic hydroxyl groups is 1. The van der Waals surface area contributed by atoms with Crippen LogP contribution in [0.15, 0.2) is 17.3 Å². The van der Waals surface area contributed by atoms with Gasteiger partial charge >= 0.3 is 0 Å². The van der Waals surface area contributed by atoms with E-state index in [1.807, 2.05) is 6.07 Å². The molecule has 0 aromatic heterocycles. The lowest BCUT2D eigenvalue weighted by Gasteiger charge is -2.34. The maximum absolute atomic E-state index is 10.3. The van der Waals surface area contributed by atoms with Crippen LogP contribution in [0.2, 0.25) is 0 Å². The fourth-order valence-corrected chi connectivity index (χ4v) is 3.04. The first kappa shape index (κ1) is 11.5. The number of nitroso groups, excluding NO2 is 1. The van der Waals surface area contributed by atoms with Crippen LogP contribution in [0.5, 0.6) is 0 Å². The summed E-state index contributed by atoms with van der Waals surface area (Å²) in [5.41, 5.74) is 1.28. The Hall–Kier alpha value is -1.64. The molecule has 2 bridgehead atoms. The first-order chi connectivity index (χ1) is 8.81. The predicted molar refractivity (Wildman–Crippen MR) is 67.8 cm³/mol. The van der Waals surface area contributed by atoms with Crippen molar-refractivity contribution in [3.63, 3.8) is 0 Å². The number of likely N-dealkylation sites (tertiary alicyclic amines) is 1. The number of rotatable bonds is 4. The van der Waals surface area contributed by atoms with Crippen molar-refractivity contribution in [2.45, 2.75) is 18.5 Å². The normalized spacial score (nSPS) is 26.4. The number of hydrogen-bond acceptors (Lipinski definition) is 5. The summed E-state index contributed by atoms with van der Waals surface area (Å²) < 4.78 is 0. The summed E-state index contributed by atoms with van der Waals surface area (Å²) in [6.45, 7) is 2.94. The maximum Gasteiger partial charge on any atom is 0.158 e. The second-order valence-electron chi connectivity index (χ2n) is 4.86. The molecule has 2 heterocycles. The number of fused-ring (bicyclic) bond motifs is 2. The number of hydrogen-bond donors (Lipinski definition) is 1. The average Bonchev–Trinajstić information content (AvgIpc) is 2.99. The van der Waals surface area contributed by atoms with E-state index in [9.17, 15) is 4.91 Å². The van der Waals surface area contributed by atoms with Crippen LogP contribution >= 0.6 is 0 Å². The molecule has 0 spiro atoms. The molecule has 0 aliphatic carbocycles. The largest absolute Gasteiger partial charge is 0.395 e. The standard InChI is InChI=1S/C13H15N3O2/c17-6-5-15-8-13-7-12(15)9-16(13)11-3-1-10(14-18)2-4-11/h1,3,12-13,17H,5-9H2. The molecule has 5 nitrogen and oxygen atoms in total. The van der Waals surface area contributed by atoms with Crippen LogP contribution in [0.3, 0.4) is 0 Å². The minimum Gasteiger partial charge on any atom is -0.395 e. The Balaban J connectivity index is 1.71. The molecular weight excluding hydrogens is 230 g/mol. The summed E-state index contributed by atoms with van der Waals surface area (Å²) in [7, 11) is 0. The van der Waals surface area contributed by atoms with Crippen LogP contribution in [0.1, 0.15) is 6.42 Å². The topological polar surface area (TPSA) is 56.1 Å². The fraction of sp³-hybridized carbons (Fsp3) is 0.538. The van der Waals surface area contributed by atoms with Crippen LogP contribution in [0.4, 0.5) is 11.4 Å². The van der Waals surface area contributed by atoms with Gasteiger partial charge in [-0.3, -0.25) is 4.90 Å². The number of nitrogens with zero attached hydrogens (tertiary/aromatic N) is 3. The third-order valence-corrected chi connectivity index (χ3v) is 3.87. The highest BCUT2D eigenvalue weighted by Crippen LogP contribution is 2.33. The molecule has 3 rings (SSSR count). The molecule has 94 valence electrons. The monoisotopic (exact) mass is 245 g/mol. The Labute approximate surface area is 106 Å². The zero-order valence-corrected chi connectivity index (χ0v) is 10.0. The van der Waals surface area contributed by atoms with Gasteiger partial charge in [0.1, 0.15) is 0 Å². The second kappa shape index (κ2) is 4.56. The van der Waals surface area contributed by atoms with Gasteiger partial charge < -0.3 is 10.0 Å². The van der Waals surface area contributed by atoms with Gasteiger partial charge in [-0.1, -0.05) is 0 Å². The lowest BCUT2D eigenvalue weighted by Crippen LogP contribution is -2.47. The molecule has 1 N–H and O–H groups in total. The summed E-state index contributed by atoms with van der Waals surface area (Å²) in [6, 6.07) is 10.3. The highest BCUT2D eigenvalue weighted by atomic mass is 16.3.